The fourth-order valence-electron chi connectivity index (χ4n) is 1.91. The third-order valence-electron chi connectivity index (χ3n) is 3.56. The van der Waals surface area contributed by atoms with Gasteiger partial charge in [0.1, 0.15) is 0 Å². The molecule has 1 N–H and O–H groups in total. The van der Waals surface area contributed by atoms with Crippen molar-refractivity contribution < 1.29 is 4.79 Å². The van der Waals surface area contributed by atoms with Gasteiger partial charge >= 0.3 is 0 Å². The van der Waals surface area contributed by atoms with Crippen LogP contribution in [-0.2, 0) is 0 Å². The first-order valence-corrected chi connectivity index (χ1v) is 6.44. The largest absolute Gasteiger partial charge is 0.352 e. The molecule has 0 aliphatic heterocycles. The lowest BCUT2D eigenvalue weighted by molar-refractivity contribution is 0.0945. The van der Waals surface area contributed by atoms with E-state index in [9.17, 15) is 4.79 Å². The van der Waals surface area contributed by atoms with Gasteiger partial charge in [0.2, 0.25) is 0 Å². The summed E-state index contributed by atoms with van der Waals surface area (Å²) < 4.78 is 0. The Kier molecular flexibility index (Phi) is 5.20. The lowest BCUT2D eigenvalue weighted by Gasteiger charge is -2.14. The standard InChI is InChI=1S/C15H23NO/c1-5-13(6-2)10-16-15(17)14-9-7-8-11(3)12(14)4/h7-9,13H,5-6,10H2,1-4H3,(H,16,17). The summed E-state index contributed by atoms with van der Waals surface area (Å²) in [6.07, 6.45) is 2.23. The Hall–Kier alpha value is -1.31. The summed E-state index contributed by atoms with van der Waals surface area (Å²) in [5, 5.41) is 3.03. The molecule has 2 nitrogen and oxygen atoms in total. The van der Waals surface area contributed by atoms with Crippen LogP contribution in [0.15, 0.2) is 18.2 Å². The maximum atomic E-state index is 12.0. The first-order valence-electron chi connectivity index (χ1n) is 6.44. The summed E-state index contributed by atoms with van der Waals surface area (Å²) in [6.45, 7) is 9.14. The van der Waals surface area contributed by atoms with Gasteiger partial charge in [-0.3, -0.25) is 4.79 Å². The summed E-state index contributed by atoms with van der Waals surface area (Å²) in [6, 6.07) is 5.87. The maximum absolute atomic E-state index is 12.0. The molecule has 0 radical (unpaired) electrons. The molecule has 0 aromatic heterocycles. The quantitative estimate of drug-likeness (QED) is 0.829. The monoisotopic (exact) mass is 233 g/mol. The van der Waals surface area contributed by atoms with Crippen molar-refractivity contribution >= 4 is 5.91 Å². The second-order valence-corrected chi connectivity index (χ2v) is 4.64. The van der Waals surface area contributed by atoms with Gasteiger partial charge in [-0.1, -0.05) is 38.8 Å². The number of amides is 1. The molecule has 17 heavy (non-hydrogen) atoms. The SMILES string of the molecule is CCC(CC)CNC(=O)c1cccc(C)c1C. The Morgan fingerprint density at radius 3 is 2.47 bits per heavy atom. The Morgan fingerprint density at radius 2 is 1.88 bits per heavy atom. The van der Waals surface area contributed by atoms with Gasteiger partial charge in [-0.25, -0.2) is 0 Å². The number of carbonyl (C=O) groups is 1. The van der Waals surface area contributed by atoms with Crippen molar-refractivity contribution in [3.63, 3.8) is 0 Å². The molecule has 0 bridgehead atoms. The van der Waals surface area contributed by atoms with Crippen LogP contribution in [0.3, 0.4) is 0 Å². The molecule has 1 rings (SSSR count). The number of carbonyl (C=O) groups excluding carboxylic acids is 1. The number of benzene rings is 1. The molecule has 0 aliphatic rings. The molecule has 1 aromatic carbocycles. The zero-order chi connectivity index (χ0) is 12.8. The van der Waals surface area contributed by atoms with Crippen LogP contribution in [0.25, 0.3) is 0 Å². The number of aryl methyl sites for hydroxylation is 1. The molecule has 1 amide bonds. The third kappa shape index (κ3) is 3.58. The second-order valence-electron chi connectivity index (χ2n) is 4.64. The van der Waals surface area contributed by atoms with Crippen molar-refractivity contribution in [1.29, 1.82) is 0 Å². The van der Waals surface area contributed by atoms with Crippen LogP contribution < -0.4 is 5.32 Å². The van der Waals surface area contributed by atoms with Crippen molar-refractivity contribution in [1.82, 2.24) is 5.32 Å². The van der Waals surface area contributed by atoms with E-state index in [1.807, 2.05) is 32.0 Å². The fraction of sp³-hybridized carbons (Fsp3) is 0.533. The van der Waals surface area contributed by atoms with Crippen LogP contribution in [0.5, 0.6) is 0 Å². The number of hydrogen-bond acceptors (Lipinski definition) is 1. The highest BCUT2D eigenvalue weighted by Gasteiger charge is 2.11. The number of hydrogen-bond donors (Lipinski definition) is 1. The molecule has 0 aliphatic carbocycles. The van der Waals surface area contributed by atoms with Crippen molar-refractivity contribution in [3.8, 4) is 0 Å². The highest BCUT2D eigenvalue weighted by atomic mass is 16.1. The van der Waals surface area contributed by atoms with Crippen LogP contribution >= 0.6 is 0 Å². The van der Waals surface area contributed by atoms with E-state index in [1.54, 1.807) is 0 Å². The molecule has 2 heteroatoms. The second kappa shape index (κ2) is 6.43. The Labute approximate surface area is 104 Å². The Balaban J connectivity index is 2.67. The van der Waals surface area contributed by atoms with Crippen molar-refractivity contribution in [3.05, 3.63) is 34.9 Å². The molecule has 1 aromatic rings. The first-order chi connectivity index (χ1) is 8.10. The number of rotatable bonds is 5. The van der Waals surface area contributed by atoms with Crippen molar-refractivity contribution in [2.24, 2.45) is 5.92 Å². The van der Waals surface area contributed by atoms with Gasteiger partial charge in [-0.05, 0) is 37.0 Å². The van der Waals surface area contributed by atoms with Crippen LogP contribution in [0.4, 0.5) is 0 Å². The molecule has 0 unspecified atom stereocenters. The lowest BCUT2D eigenvalue weighted by atomic mass is 10.0. The van der Waals surface area contributed by atoms with Gasteiger partial charge in [-0.15, -0.1) is 0 Å². The first kappa shape index (κ1) is 13.8. The molecular weight excluding hydrogens is 210 g/mol. The third-order valence-corrected chi connectivity index (χ3v) is 3.56. The van der Waals surface area contributed by atoms with Crippen molar-refractivity contribution in [2.45, 2.75) is 40.5 Å². The van der Waals surface area contributed by atoms with Gasteiger partial charge in [0, 0.05) is 12.1 Å². The zero-order valence-corrected chi connectivity index (χ0v) is 11.3. The molecule has 0 atom stereocenters. The normalized spacial score (nSPS) is 10.6. The fourth-order valence-corrected chi connectivity index (χ4v) is 1.91. The molecule has 0 heterocycles. The highest BCUT2D eigenvalue weighted by molar-refractivity contribution is 5.95. The summed E-state index contributed by atoms with van der Waals surface area (Å²) in [5.41, 5.74) is 3.05. The minimum absolute atomic E-state index is 0.0538. The van der Waals surface area contributed by atoms with Crippen LogP contribution in [0, 0.1) is 19.8 Å². The molecule has 0 spiro atoms. The average molecular weight is 233 g/mol. The van der Waals surface area contributed by atoms with E-state index < -0.39 is 0 Å². The summed E-state index contributed by atoms with van der Waals surface area (Å²) in [7, 11) is 0. The highest BCUT2D eigenvalue weighted by Crippen LogP contribution is 2.13. The van der Waals surface area contributed by atoms with E-state index in [2.05, 4.69) is 19.2 Å². The van der Waals surface area contributed by atoms with E-state index in [4.69, 9.17) is 0 Å². The van der Waals surface area contributed by atoms with Gasteiger partial charge in [0.25, 0.3) is 5.91 Å². The minimum Gasteiger partial charge on any atom is -0.352 e. The Bertz CT molecular complexity index is 381. The zero-order valence-electron chi connectivity index (χ0n) is 11.3. The summed E-state index contributed by atoms with van der Waals surface area (Å²) >= 11 is 0. The van der Waals surface area contributed by atoms with Crippen LogP contribution in [0.1, 0.15) is 48.2 Å². The van der Waals surface area contributed by atoms with Crippen molar-refractivity contribution in [2.75, 3.05) is 6.54 Å². The van der Waals surface area contributed by atoms with Gasteiger partial charge in [0.15, 0.2) is 0 Å². The lowest BCUT2D eigenvalue weighted by Crippen LogP contribution is -2.29. The van der Waals surface area contributed by atoms with Crippen LogP contribution in [0.2, 0.25) is 0 Å². The smallest absolute Gasteiger partial charge is 0.251 e. The van der Waals surface area contributed by atoms with Gasteiger partial charge < -0.3 is 5.32 Å². The van der Waals surface area contributed by atoms with Gasteiger partial charge in [0.05, 0.1) is 0 Å². The predicted octanol–water partition coefficient (Wildman–Crippen LogP) is 3.47. The predicted molar refractivity (Wildman–Crippen MR) is 72.3 cm³/mol. The average Bonchev–Trinajstić information content (AvgIpc) is 2.33. The number of nitrogens with one attached hydrogen (secondary N) is 1. The molecule has 0 fully saturated rings. The molecule has 0 saturated heterocycles. The Morgan fingerprint density at radius 1 is 1.24 bits per heavy atom. The van der Waals surface area contributed by atoms with E-state index in [1.165, 1.54) is 5.56 Å². The van der Waals surface area contributed by atoms with E-state index in [0.29, 0.717) is 5.92 Å². The van der Waals surface area contributed by atoms with E-state index >= 15 is 0 Å². The van der Waals surface area contributed by atoms with E-state index in [0.717, 1.165) is 30.5 Å². The molecule has 0 saturated carbocycles. The topological polar surface area (TPSA) is 29.1 Å². The maximum Gasteiger partial charge on any atom is 0.251 e. The van der Waals surface area contributed by atoms with Gasteiger partial charge in [-0.2, -0.15) is 0 Å². The summed E-state index contributed by atoms with van der Waals surface area (Å²) in [5.74, 6) is 0.641. The summed E-state index contributed by atoms with van der Waals surface area (Å²) in [4.78, 5) is 12.0. The minimum atomic E-state index is 0.0538. The van der Waals surface area contributed by atoms with Crippen LogP contribution in [-0.4, -0.2) is 12.5 Å². The molecular formula is C15H23NO. The van der Waals surface area contributed by atoms with E-state index in [-0.39, 0.29) is 5.91 Å². The molecule has 94 valence electrons.